The second-order valence-corrected chi connectivity index (χ2v) is 2.81. The first kappa shape index (κ1) is 11.0. The van der Waals surface area contributed by atoms with E-state index in [0.717, 1.165) is 6.42 Å². The molecule has 2 N–H and O–H groups in total. The zero-order chi connectivity index (χ0) is 9.72. The molecule has 0 aliphatic carbocycles. The Balaban J connectivity index is 4.85. The normalized spacial score (nSPS) is 14.9. The van der Waals surface area contributed by atoms with E-state index in [0.29, 0.717) is 5.57 Å². The lowest BCUT2D eigenvalue weighted by Gasteiger charge is -2.11. The van der Waals surface area contributed by atoms with Gasteiger partial charge in [-0.05, 0) is 17.9 Å². The monoisotopic (exact) mass is 169 g/mol. The molecule has 0 aromatic heterocycles. The maximum atomic E-state index is 13.2. The van der Waals surface area contributed by atoms with E-state index >= 15 is 0 Å². The molecule has 0 saturated heterocycles. The number of hydrogen-bond acceptors (Lipinski definition) is 1. The van der Waals surface area contributed by atoms with Gasteiger partial charge in [0.05, 0.1) is 5.70 Å². The Hall–Kier alpha value is -1.05. The molecule has 0 spiro atoms. The molecule has 0 aromatic rings. The quantitative estimate of drug-likeness (QED) is 0.643. The molecule has 1 unspecified atom stereocenters. The molecule has 0 radical (unpaired) electrons. The Morgan fingerprint density at radius 1 is 1.67 bits per heavy atom. The molecule has 0 aliphatic rings. The van der Waals surface area contributed by atoms with Crippen molar-refractivity contribution in [2.75, 3.05) is 0 Å². The summed E-state index contributed by atoms with van der Waals surface area (Å²) in [6.07, 6.45) is 2.36. The average molecular weight is 169 g/mol. The molecular weight excluding hydrogens is 153 g/mol. The van der Waals surface area contributed by atoms with Crippen LogP contribution in [0.25, 0.3) is 0 Å². The summed E-state index contributed by atoms with van der Waals surface area (Å²) in [5.41, 5.74) is 5.75. The van der Waals surface area contributed by atoms with Gasteiger partial charge in [0.1, 0.15) is 5.83 Å². The van der Waals surface area contributed by atoms with E-state index in [1.54, 1.807) is 0 Å². The van der Waals surface area contributed by atoms with Gasteiger partial charge in [-0.25, -0.2) is 4.39 Å². The molecule has 12 heavy (non-hydrogen) atoms. The highest BCUT2D eigenvalue weighted by Crippen LogP contribution is 2.22. The number of rotatable bonds is 4. The van der Waals surface area contributed by atoms with Crippen molar-refractivity contribution in [2.24, 2.45) is 11.7 Å². The Bertz CT molecular complexity index is 216. The van der Waals surface area contributed by atoms with Crippen molar-refractivity contribution in [3.05, 3.63) is 36.3 Å². The summed E-state index contributed by atoms with van der Waals surface area (Å²) in [5, 5.41) is 0. The van der Waals surface area contributed by atoms with Crippen molar-refractivity contribution >= 4 is 0 Å². The lowest BCUT2D eigenvalue weighted by Crippen LogP contribution is -2.03. The Morgan fingerprint density at radius 3 is 2.42 bits per heavy atom. The SMILES string of the molecule is C=C/C(=C(/F)C(=C)N)C(C)CC. The van der Waals surface area contributed by atoms with E-state index in [2.05, 4.69) is 13.2 Å². The second-order valence-electron chi connectivity index (χ2n) is 2.81. The minimum absolute atomic E-state index is 0.0230. The van der Waals surface area contributed by atoms with Crippen molar-refractivity contribution in [3.8, 4) is 0 Å². The highest BCUT2D eigenvalue weighted by atomic mass is 19.1. The maximum Gasteiger partial charge on any atom is 0.148 e. The molecule has 0 heterocycles. The third-order valence-electron chi connectivity index (χ3n) is 1.90. The van der Waals surface area contributed by atoms with E-state index < -0.39 is 5.83 Å². The third kappa shape index (κ3) is 2.53. The van der Waals surface area contributed by atoms with Crippen molar-refractivity contribution in [1.82, 2.24) is 0 Å². The van der Waals surface area contributed by atoms with Gasteiger partial charge in [0, 0.05) is 0 Å². The standard InChI is InChI=1S/C10H16FN/c1-5-7(3)9(6-2)10(11)8(4)12/h6-7H,2,4-5,12H2,1,3H3/b10-9-. The van der Waals surface area contributed by atoms with Crippen LogP contribution < -0.4 is 5.73 Å². The fourth-order valence-electron chi connectivity index (χ4n) is 0.912. The Kier molecular flexibility index (Phi) is 4.34. The van der Waals surface area contributed by atoms with E-state index in [4.69, 9.17) is 5.73 Å². The van der Waals surface area contributed by atoms with E-state index in [1.165, 1.54) is 6.08 Å². The van der Waals surface area contributed by atoms with Crippen molar-refractivity contribution in [1.29, 1.82) is 0 Å². The summed E-state index contributed by atoms with van der Waals surface area (Å²) in [7, 11) is 0. The molecule has 2 heteroatoms. The van der Waals surface area contributed by atoms with Crippen LogP contribution in [0.3, 0.4) is 0 Å². The highest BCUT2D eigenvalue weighted by Gasteiger charge is 2.10. The van der Waals surface area contributed by atoms with Gasteiger partial charge in [-0.3, -0.25) is 0 Å². The molecule has 1 atom stereocenters. The zero-order valence-electron chi connectivity index (χ0n) is 7.73. The molecular formula is C10H16FN. The third-order valence-corrected chi connectivity index (χ3v) is 1.90. The fourth-order valence-corrected chi connectivity index (χ4v) is 0.912. The van der Waals surface area contributed by atoms with Crippen LogP contribution in [0.1, 0.15) is 20.3 Å². The van der Waals surface area contributed by atoms with Gasteiger partial charge in [0.15, 0.2) is 0 Å². The predicted octanol–water partition coefficient (Wildman–Crippen LogP) is 2.91. The summed E-state index contributed by atoms with van der Waals surface area (Å²) in [6.45, 7) is 10.8. The Labute approximate surface area is 73.5 Å². The van der Waals surface area contributed by atoms with Crippen molar-refractivity contribution in [2.45, 2.75) is 20.3 Å². The number of nitrogens with two attached hydrogens (primary N) is 1. The molecule has 0 saturated carbocycles. The smallest absolute Gasteiger partial charge is 0.148 e. The summed E-state index contributed by atoms with van der Waals surface area (Å²) >= 11 is 0. The van der Waals surface area contributed by atoms with Gasteiger partial charge in [-0.15, -0.1) is 0 Å². The molecule has 0 aromatic carbocycles. The minimum atomic E-state index is -0.431. The van der Waals surface area contributed by atoms with Crippen LogP contribution in [0, 0.1) is 5.92 Å². The molecule has 0 aliphatic heterocycles. The average Bonchev–Trinajstić information content (AvgIpc) is 2.05. The summed E-state index contributed by atoms with van der Waals surface area (Å²) < 4.78 is 13.2. The van der Waals surface area contributed by atoms with Gasteiger partial charge in [-0.2, -0.15) is 0 Å². The van der Waals surface area contributed by atoms with Crippen LogP contribution in [0.2, 0.25) is 0 Å². The van der Waals surface area contributed by atoms with Gasteiger partial charge in [-0.1, -0.05) is 33.1 Å². The highest BCUT2D eigenvalue weighted by molar-refractivity contribution is 5.32. The molecule has 68 valence electrons. The zero-order valence-corrected chi connectivity index (χ0v) is 7.73. The van der Waals surface area contributed by atoms with Crippen LogP contribution in [0.15, 0.2) is 36.3 Å². The minimum Gasteiger partial charge on any atom is -0.397 e. The molecule has 0 rings (SSSR count). The largest absolute Gasteiger partial charge is 0.397 e. The van der Waals surface area contributed by atoms with E-state index in [-0.39, 0.29) is 11.6 Å². The molecule has 0 bridgehead atoms. The second kappa shape index (κ2) is 4.75. The Morgan fingerprint density at radius 2 is 2.17 bits per heavy atom. The van der Waals surface area contributed by atoms with Crippen LogP contribution >= 0.6 is 0 Å². The topological polar surface area (TPSA) is 26.0 Å². The van der Waals surface area contributed by atoms with Crippen LogP contribution in [-0.4, -0.2) is 0 Å². The molecule has 0 fully saturated rings. The van der Waals surface area contributed by atoms with Crippen LogP contribution in [0.5, 0.6) is 0 Å². The number of halogens is 1. The van der Waals surface area contributed by atoms with E-state index in [1.807, 2.05) is 13.8 Å². The van der Waals surface area contributed by atoms with Gasteiger partial charge >= 0.3 is 0 Å². The molecule has 0 amide bonds. The van der Waals surface area contributed by atoms with Crippen LogP contribution in [-0.2, 0) is 0 Å². The van der Waals surface area contributed by atoms with Gasteiger partial charge in [0.25, 0.3) is 0 Å². The van der Waals surface area contributed by atoms with E-state index in [9.17, 15) is 4.39 Å². The van der Waals surface area contributed by atoms with Gasteiger partial charge < -0.3 is 5.73 Å². The predicted molar refractivity (Wildman–Crippen MR) is 51.1 cm³/mol. The summed E-state index contributed by atoms with van der Waals surface area (Å²) in [5.74, 6) is -0.290. The van der Waals surface area contributed by atoms with Crippen LogP contribution in [0.4, 0.5) is 4.39 Å². The number of allylic oxidation sites excluding steroid dienone is 3. The number of hydrogen-bond donors (Lipinski definition) is 1. The van der Waals surface area contributed by atoms with Crippen molar-refractivity contribution in [3.63, 3.8) is 0 Å². The molecule has 1 nitrogen and oxygen atoms in total. The maximum absolute atomic E-state index is 13.2. The lowest BCUT2D eigenvalue weighted by atomic mass is 9.97. The summed E-state index contributed by atoms with van der Waals surface area (Å²) in [4.78, 5) is 0. The van der Waals surface area contributed by atoms with Crippen molar-refractivity contribution < 1.29 is 4.39 Å². The lowest BCUT2D eigenvalue weighted by molar-refractivity contribution is 0.587. The first-order valence-electron chi connectivity index (χ1n) is 4.01. The summed E-state index contributed by atoms with van der Waals surface area (Å²) in [6, 6.07) is 0. The fraction of sp³-hybridized carbons (Fsp3) is 0.400. The van der Waals surface area contributed by atoms with Gasteiger partial charge in [0.2, 0.25) is 0 Å². The first-order chi connectivity index (χ1) is 5.54. The first-order valence-corrected chi connectivity index (χ1v) is 4.01.